The lowest BCUT2D eigenvalue weighted by Gasteiger charge is -2.40. The van der Waals surface area contributed by atoms with Gasteiger partial charge in [-0.3, -0.25) is 14.6 Å². The van der Waals surface area contributed by atoms with Crippen molar-refractivity contribution in [2.45, 2.75) is 33.2 Å². The Morgan fingerprint density at radius 2 is 2.30 bits per heavy atom. The maximum absolute atomic E-state index is 12.1. The van der Waals surface area contributed by atoms with Gasteiger partial charge in [0, 0.05) is 44.9 Å². The summed E-state index contributed by atoms with van der Waals surface area (Å²) in [5.74, 6) is 1.13. The Morgan fingerprint density at radius 3 is 2.96 bits per heavy atom. The number of hydrogen-bond donors (Lipinski definition) is 1. The lowest BCUT2D eigenvalue weighted by atomic mass is 10.1. The van der Waals surface area contributed by atoms with Gasteiger partial charge in [0.25, 0.3) is 0 Å². The first-order chi connectivity index (χ1) is 11.1. The molecule has 23 heavy (non-hydrogen) atoms. The van der Waals surface area contributed by atoms with Crippen molar-refractivity contribution in [3.05, 3.63) is 11.8 Å². The molecule has 1 amide bonds. The molecule has 7 heteroatoms. The molecule has 2 heterocycles. The zero-order valence-electron chi connectivity index (χ0n) is 14.4. The molecule has 2 rings (SSSR count). The first-order valence-corrected chi connectivity index (χ1v) is 8.39. The topological polar surface area (TPSA) is 70.8 Å². The zero-order chi connectivity index (χ0) is 16.7. The number of carbonyl (C=O) groups is 1. The number of anilines is 1. The molecule has 0 aliphatic carbocycles. The molecule has 0 saturated carbocycles. The van der Waals surface area contributed by atoms with Crippen LogP contribution in [0.4, 0.5) is 5.82 Å². The second-order valence-corrected chi connectivity index (χ2v) is 5.90. The van der Waals surface area contributed by atoms with E-state index in [2.05, 4.69) is 27.2 Å². The molecule has 1 fully saturated rings. The van der Waals surface area contributed by atoms with E-state index in [4.69, 9.17) is 9.26 Å². The van der Waals surface area contributed by atoms with Gasteiger partial charge in [0.2, 0.25) is 5.91 Å². The summed E-state index contributed by atoms with van der Waals surface area (Å²) >= 11 is 0. The summed E-state index contributed by atoms with van der Waals surface area (Å²) in [6, 6.07) is 2.20. The fourth-order valence-corrected chi connectivity index (χ4v) is 2.92. The van der Waals surface area contributed by atoms with Gasteiger partial charge in [-0.1, -0.05) is 12.1 Å². The SMILES string of the molecule is CCOCCN1CCN(CC(=O)Nc2cc(C)on2)CC1CC. The number of hydrogen-bond acceptors (Lipinski definition) is 6. The van der Waals surface area contributed by atoms with Crippen LogP contribution in [0, 0.1) is 6.92 Å². The lowest BCUT2D eigenvalue weighted by molar-refractivity contribution is -0.118. The third-order valence-corrected chi connectivity index (χ3v) is 4.15. The Labute approximate surface area is 137 Å². The fraction of sp³-hybridized carbons (Fsp3) is 0.750. The summed E-state index contributed by atoms with van der Waals surface area (Å²) in [5.41, 5.74) is 0. The molecule has 1 aliphatic heterocycles. The van der Waals surface area contributed by atoms with Crippen LogP contribution in [0.25, 0.3) is 0 Å². The molecule has 0 radical (unpaired) electrons. The molecule has 130 valence electrons. The smallest absolute Gasteiger partial charge is 0.239 e. The van der Waals surface area contributed by atoms with Gasteiger partial charge in [0.05, 0.1) is 13.2 Å². The van der Waals surface area contributed by atoms with Crippen LogP contribution in [0.3, 0.4) is 0 Å². The number of rotatable bonds is 8. The van der Waals surface area contributed by atoms with Gasteiger partial charge in [0.15, 0.2) is 5.82 Å². The van der Waals surface area contributed by atoms with Crippen molar-refractivity contribution >= 4 is 11.7 Å². The molecule has 7 nitrogen and oxygen atoms in total. The van der Waals surface area contributed by atoms with Crippen LogP contribution in [0.5, 0.6) is 0 Å². The Balaban J connectivity index is 1.77. The normalized spacial score (nSPS) is 19.9. The monoisotopic (exact) mass is 324 g/mol. The molecule has 1 aliphatic rings. The molecule has 1 aromatic heterocycles. The second-order valence-electron chi connectivity index (χ2n) is 5.90. The lowest BCUT2D eigenvalue weighted by Crippen LogP contribution is -2.54. The second kappa shape index (κ2) is 9.00. The van der Waals surface area contributed by atoms with Crippen LogP contribution in [0.1, 0.15) is 26.0 Å². The average Bonchev–Trinajstić information content (AvgIpc) is 2.93. The quantitative estimate of drug-likeness (QED) is 0.728. The summed E-state index contributed by atoms with van der Waals surface area (Å²) in [6.07, 6.45) is 1.08. The Morgan fingerprint density at radius 1 is 1.48 bits per heavy atom. The highest BCUT2D eigenvalue weighted by atomic mass is 16.5. The van der Waals surface area contributed by atoms with Crippen LogP contribution in [0.15, 0.2) is 10.6 Å². The van der Waals surface area contributed by atoms with Crippen LogP contribution in [-0.4, -0.2) is 72.8 Å². The van der Waals surface area contributed by atoms with Crippen LogP contribution in [-0.2, 0) is 9.53 Å². The van der Waals surface area contributed by atoms with E-state index in [9.17, 15) is 4.79 Å². The minimum Gasteiger partial charge on any atom is -0.380 e. The maximum atomic E-state index is 12.1. The summed E-state index contributed by atoms with van der Waals surface area (Å²) in [5, 5.41) is 6.56. The van der Waals surface area contributed by atoms with Crippen LogP contribution >= 0.6 is 0 Å². The van der Waals surface area contributed by atoms with E-state index in [1.165, 1.54) is 0 Å². The molecule has 1 aromatic rings. The maximum Gasteiger partial charge on any atom is 0.239 e. The molecule has 0 bridgehead atoms. The number of nitrogens with one attached hydrogen (secondary N) is 1. The summed E-state index contributed by atoms with van der Waals surface area (Å²) in [4.78, 5) is 16.8. The van der Waals surface area contributed by atoms with E-state index < -0.39 is 0 Å². The molecule has 0 aromatic carbocycles. The zero-order valence-corrected chi connectivity index (χ0v) is 14.4. The highest BCUT2D eigenvalue weighted by Gasteiger charge is 2.26. The molecule has 1 saturated heterocycles. The molecular weight excluding hydrogens is 296 g/mol. The molecule has 0 spiro atoms. The standard InChI is InChI=1S/C16H28N4O3/c1-4-14-11-19(6-7-20(14)8-9-22-5-2)12-16(21)17-15-10-13(3)23-18-15/h10,14H,4-9,11-12H2,1-3H3,(H,17,18,21). The largest absolute Gasteiger partial charge is 0.380 e. The number of nitrogens with zero attached hydrogens (tertiary/aromatic N) is 3. The Bertz CT molecular complexity index is 491. The number of carbonyl (C=O) groups excluding carboxylic acids is 1. The van der Waals surface area contributed by atoms with Gasteiger partial charge < -0.3 is 14.6 Å². The van der Waals surface area contributed by atoms with Gasteiger partial charge in [-0.25, -0.2) is 0 Å². The van der Waals surface area contributed by atoms with Crippen molar-refractivity contribution in [2.75, 3.05) is 51.3 Å². The predicted molar refractivity (Wildman–Crippen MR) is 88.5 cm³/mol. The number of aryl methyl sites for hydroxylation is 1. The number of aromatic nitrogens is 1. The average molecular weight is 324 g/mol. The highest BCUT2D eigenvalue weighted by Crippen LogP contribution is 2.13. The van der Waals surface area contributed by atoms with Gasteiger partial charge in [-0.2, -0.15) is 0 Å². The predicted octanol–water partition coefficient (Wildman–Crippen LogP) is 1.35. The third-order valence-electron chi connectivity index (χ3n) is 4.15. The van der Waals surface area contributed by atoms with Crippen molar-refractivity contribution in [2.24, 2.45) is 0 Å². The third kappa shape index (κ3) is 5.60. The van der Waals surface area contributed by atoms with E-state index in [1.807, 2.05) is 6.92 Å². The van der Waals surface area contributed by atoms with Gasteiger partial charge >= 0.3 is 0 Å². The van der Waals surface area contributed by atoms with Crippen molar-refractivity contribution in [1.82, 2.24) is 15.0 Å². The molecule has 1 unspecified atom stereocenters. The van der Waals surface area contributed by atoms with E-state index >= 15 is 0 Å². The van der Waals surface area contributed by atoms with Crippen molar-refractivity contribution in [1.29, 1.82) is 0 Å². The first kappa shape index (κ1) is 17.9. The van der Waals surface area contributed by atoms with Crippen molar-refractivity contribution < 1.29 is 14.1 Å². The van der Waals surface area contributed by atoms with E-state index in [1.54, 1.807) is 13.0 Å². The van der Waals surface area contributed by atoms with Crippen LogP contribution < -0.4 is 5.32 Å². The fourth-order valence-electron chi connectivity index (χ4n) is 2.92. The van der Waals surface area contributed by atoms with Crippen molar-refractivity contribution in [3.63, 3.8) is 0 Å². The van der Waals surface area contributed by atoms with Crippen LogP contribution in [0.2, 0.25) is 0 Å². The Kier molecular flexibility index (Phi) is 7.01. The molecule has 1 N–H and O–H groups in total. The van der Waals surface area contributed by atoms with Gasteiger partial charge in [0.1, 0.15) is 5.76 Å². The van der Waals surface area contributed by atoms with Gasteiger partial charge in [-0.05, 0) is 20.3 Å². The van der Waals surface area contributed by atoms with Crippen molar-refractivity contribution in [3.8, 4) is 0 Å². The summed E-state index contributed by atoms with van der Waals surface area (Å²) < 4.78 is 10.4. The Hall–Kier alpha value is -1.44. The van der Waals surface area contributed by atoms with Gasteiger partial charge in [-0.15, -0.1) is 0 Å². The number of piperazine rings is 1. The number of amides is 1. The van der Waals surface area contributed by atoms with E-state index in [-0.39, 0.29) is 5.91 Å². The van der Waals surface area contributed by atoms with E-state index in [0.717, 1.165) is 45.8 Å². The van der Waals surface area contributed by atoms with E-state index in [0.29, 0.717) is 24.2 Å². The molecular formula is C16H28N4O3. The number of ether oxygens (including phenoxy) is 1. The summed E-state index contributed by atoms with van der Waals surface area (Å²) in [6.45, 7) is 11.7. The summed E-state index contributed by atoms with van der Waals surface area (Å²) in [7, 11) is 0. The first-order valence-electron chi connectivity index (χ1n) is 8.39. The minimum absolute atomic E-state index is 0.0454. The minimum atomic E-state index is -0.0454. The highest BCUT2D eigenvalue weighted by molar-refractivity contribution is 5.91. The molecule has 1 atom stereocenters.